The highest BCUT2D eigenvalue weighted by atomic mass is 16.5. The highest BCUT2D eigenvalue weighted by Crippen LogP contribution is 2.34. The predicted octanol–water partition coefficient (Wildman–Crippen LogP) is 4.42. The lowest BCUT2D eigenvalue weighted by molar-refractivity contribution is 0.0544. The van der Waals surface area contributed by atoms with Gasteiger partial charge in [0, 0.05) is 24.3 Å². The number of nitrogens with zero attached hydrogens (tertiary/aromatic N) is 2. The number of phenolic OH excluding ortho intramolecular Hbond substituents is 2. The van der Waals surface area contributed by atoms with Gasteiger partial charge in [-0.3, -0.25) is 0 Å². The number of aromatic nitrogens is 2. The Bertz CT molecular complexity index is 1210. The molecular formula is C25H24N2O5. The number of hydrogen-bond donors (Lipinski definition) is 2. The Kier molecular flexibility index (Phi) is 6.79. The van der Waals surface area contributed by atoms with Crippen LogP contribution in [0.2, 0.25) is 0 Å². The van der Waals surface area contributed by atoms with Crippen molar-refractivity contribution in [3.63, 3.8) is 0 Å². The molecule has 1 aromatic heterocycles. The summed E-state index contributed by atoms with van der Waals surface area (Å²) >= 11 is 0. The lowest BCUT2D eigenvalue weighted by atomic mass is 10.0. The highest BCUT2D eigenvalue weighted by molar-refractivity contribution is 5.87. The minimum Gasteiger partial charge on any atom is -0.508 e. The van der Waals surface area contributed by atoms with Crippen LogP contribution in [-0.2, 0) is 9.47 Å². The van der Waals surface area contributed by atoms with Crippen molar-refractivity contribution >= 4 is 11.0 Å². The fraction of sp³-hybridized carbons (Fsp3) is 0.200. The quantitative estimate of drug-likeness (QED) is 0.378. The van der Waals surface area contributed by atoms with Crippen molar-refractivity contribution in [3.8, 4) is 39.8 Å². The molecular weight excluding hydrogens is 408 g/mol. The number of benzene rings is 3. The molecule has 0 amide bonds. The maximum absolute atomic E-state index is 9.98. The fourth-order valence-electron chi connectivity index (χ4n) is 3.30. The standard InChI is InChI=1S/C25H24N2O5/c1-30-10-11-31-12-13-32-21-8-9-22-23(16-21)27-25(18-5-3-7-20(29)15-18)24(26-22)17-4-2-6-19(28)14-17/h2-9,14-16,28-29H,10-13H2,1H3. The van der Waals surface area contributed by atoms with Crippen LogP contribution in [0, 0.1) is 0 Å². The summed E-state index contributed by atoms with van der Waals surface area (Å²) < 4.78 is 16.2. The topological polar surface area (TPSA) is 93.9 Å². The molecule has 0 radical (unpaired) electrons. The molecule has 7 nitrogen and oxygen atoms in total. The van der Waals surface area contributed by atoms with Crippen molar-refractivity contribution in [3.05, 3.63) is 66.7 Å². The third-order valence-corrected chi connectivity index (χ3v) is 4.80. The summed E-state index contributed by atoms with van der Waals surface area (Å²) in [5.41, 5.74) is 4.00. The van der Waals surface area contributed by atoms with E-state index in [9.17, 15) is 10.2 Å². The molecule has 0 aliphatic carbocycles. The molecule has 4 aromatic rings. The van der Waals surface area contributed by atoms with E-state index in [1.807, 2.05) is 30.3 Å². The van der Waals surface area contributed by atoms with Gasteiger partial charge in [0.05, 0.1) is 42.2 Å². The summed E-state index contributed by atoms with van der Waals surface area (Å²) in [4.78, 5) is 9.65. The van der Waals surface area contributed by atoms with Crippen LogP contribution in [0.15, 0.2) is 66.7 Å². The first-order valence-electron chi connectivity index (χ1n) is 10.2. The summed E-state index contributed by atoms with van der Waals surface area (Å²) in [5.74, 6) is 0.939. The Labute approximate surface area is 185 Å². The lowest BCUT2D eigenvalue weighted by Crippen LogP contribution is -2.10. The van der Waals surface area contributed by atoms with Crippen molar-refractivity contribution in [1.29, 1.82) is 0 Å². The molecule has 3 aromatic carbocycles. The Hall–Kier alpha value is -3.68. The predicted molar refractivity (Wildman–Crippen MR) is 122 cm³/mol. The molecule has 0 atom stereocenters. The number of aromatic hydroxyl groups is 2. The van der Waals surface area contributed by atoms with Crippen molar-refractivity contribution in [2.75, 3.05) is 33.5 Å². The second kappa shape index (κ2) is 10.1. The first kappa shape index (κ1) is 21.5. The largest absolute Gasteiger partial charge is 0.508 e. The molecule has 0 fully saturated rings. The highest BCUT2D eigenvalue weighted by Gasteiger charge is 2.15. The molecule has 0 bridgehead atoms. The number of ether oxygens (including phenoxy) is 3. The molecule has 1 heterocycles. The van der Waals surface area contributed by atoms with E-state index < -0.39 is 0 Å². The van der Waals surface area contributed by atoms with Gasteiger partial charge in [-0.05, 0) is 36.4 Å². The first-order chi connectivity index (χ1) is 15.6. The van der Waals surface area contributed by atoms with Gasteiger partial charge in [0.1, 0.15) is 23.9 Å². The molecule has 0 unspecified atom stereocenters. The molecule has 0 aliphatic heterocycles. The van der Waals surface area contributed by atoms with Crippen molar-refractivity contribution in [2.45, 2.75) is 0 Å². The summed E-state index contributed by atoms with van der Waals surface area (Å²) in [6.45, 7) is 1.93. The normalized spacial score (nSPS) is 11.0. The van der Waals surface area contributed by atoms with Gasteiger partial charge in [0.2, 0.25) is 0 Å². The second-order valence-electron chi connectivity index (χ2n) is 7.13. The molecule has 4 rings (SSSR count). The second-order valence-corrected chi connectivity index (χ2v) is 7.13. The smallest absolute Gasteiger partial charge is 0.121 e. The molecule has 7 heteroatoms. The van der Waals surface area contributed by atoms with Gasteiger partial charge < -0.3 is 24.4 Å². The van der Waals surface area contributed by atoms with Gasteiger partial charge in [0.25, 0.3) is 0 Å². The van der Waals surface area contributed by atoms with Crippen molar-refractivity contribution in [2.24, 2.45) is 0 Å². The molecule has 0 saturated heterocycles. The Morgan fingerprint density at radius 3 is 1.94 bits per heavy atom. The average Bonchev–Trinajstić information content (AvgIpc) is 2.80. The van der Waals surface area contributed by atoms with Gasteiger partial charge in [-0.25, -0.2) is 9.97 Å². The average molecular weight is 432 g/mol. The van der Waals surface area contributed by atoms with E-state index in [2.05, 4.69) is 0 Å². The molecule has 32 heavy (non-hydrogen) atoms. The SMILES string of the molecule is COCCOCCOc1ccc2nc(-c3cccc(O)c3)c(-c3cccc(O)c3)nc2c1. The van der Waals surface area contributed by atoms with Crippen molar-refractivity contribution in [1.82, 2.24) is 9.97 Å². The van der Waals surface area contributed by atoms with Crippen LogP contribution in [0.4, 0.5) is 0 Å². The molecule has 0 aliphatic rings. The van der Waals surface area contributed by atoms with Crippen LogP contribution in [-0.4, -0.2) is 53.7 Å². The van der Waals surface area contributed by atoms with Crippen LogP contribution in [0.25, 0.3) is 33.5 Å². The van der Waals surface area contributed by atoms with E-state index in [1.165, 1.54) is 0 Å². The van der Waals surface area contributed by atoms with Crippen LogP contribution in [0.3, 0.4) is 0 Å². The first-order valence-corrected chi connectivity index (χ1v) is 10.2. The fourth-order valence-corrected chi connectivity index (χ4v) is 3.30. The van der Waals surface area contributed by atoms with Crippen LogP contribution >= 0.6 is 0 Å². The number of hydrogen-bond acceptors (Lipinski definition) is 7. The van der Waals surface area contributed by atoms with Gasteiger partial charge >= 0.3 is 0 Å². The van der Waals surface area contributed by atoms with Crippen molar-refractivity contribution < 1.29 is 24.4 Å². The monoisotopic (exact) mass is 432 g/mol. The number of rotatable bonds is 9. The zero-order valence-corrected chi connectivity index (χ0v) is 17.7. The molecule has 0 saturated carbocycles. The van der Waals surface area contributed by atoms with E-state index in [4.69, 9.17) is 24.2 Å². The lowest BCUT2D eigenvalue weighted by Gasteiger charge is -2.12. The van der Waals surface area contributed by atoms with E-state index in [0.29, 0.717) is 54.6 Å². The minimum atomic E-state index is 0.136. The summed E-state index contributed by atoms with van der Waals surface area (Å²) in [6.07, 6.45) is 0. The van der Waals surface area contributed by atoms with Gasteiger partial charge in [-0.1, -0.05) is 24.3 Å². The molecule has 164 valence electrons. The maximum Gasteiger partial charge on any atom is 0.121 e. The Morgan fingerprint density at radius 2 is 1.31 bits per heavy atom. The Morgan fingerprint density at radius 1 is 0.688 bits per heavy atom. The summed E-state index contributed by atoms with van der Waals surface area (Å²) in [5, 5.41) is 19.9. The Balaban J connectivity index is 1.69. The van der Waals surface area contributed by atoms with Gasteiger partial charge in [-0.2, -0.15) is 0 Å². The third-order valence-electron chi connectivity index (χ3n) is 4.80. The van der Waals surface area contributed by atoms with Crippen LogP contribution in [0.5, 0.6) is 17.2 Å². The molecule has 0 spiro atoms. The number of phenols is 2. The van der Waals surface area contributed by atoms with E-state index in [1.54, 1.807) is 43.5 Å². The zero-order chi connectivity index (χ0) is 22.3. The van der Waals surface area contributed by atoms with Gasteiger partial charge in [0.15, 0.2) is 0 Å². The summed E-state index contributed by atoms with van der Waals surface area (Å²) in [7, 11) is 1.63. The molecule has 2 N–H and O–H groups in total. The van der Waals surface area contributed by atoms with Crippen LogP contribution < -0.4 is 4.74 Å². The van der Waals surface area contributed by atoms with E-state index in [0.717, 1.165) is 11.1 Å². The number of methoxy groups -OCH3 is 1. The minimum absolute atomic E-state index is 0.136. The van der Waals surface area contributed by atoms with Gasteiger partial charge in [-0.15, -0.1) is 0 Å². The maximum atomic E-state index is 9.98. The zero-order valence-electron chi connectivity index (χ0n) is 17.7. The van der Waals surface area contributed by atoms with E-state index >= 15 is 0 Å². The van der Waals surface area contributed by atoms with E-state index in [-0.39, 0.29) is 11.5 Å². The number of fused-ring (bicyclic) bond motifs is 1. The third kappa shape index (κ3) is 5.14. The summed E-state index contributed by atoms with van der Waals surface area (Å²) in [6, 6.07) is 19.2. The van der Waals surface area contributed by atoms with Crippen LogP contribution in [0.1, 0.15) is 0 Å².